The van der Waals surface area contributed by atoms with Crippen LogP contribution in [0.1, 0.15) is 50.2 Å². The van der Waals surface area contributed by atoms with Crippen LogP contribution in [0.2, 0.25) is 0 Å². The maximum absolute atomic E-state index is 13.2. The molecule has 0 aliphatic carbocycles. The maximum Gasteiger partial charge on any atom is 0.416 e. The molecule has 9 heteroatoms. The molecule has 1 aromatic heterocycles. The van der Waals surface area contributed by atoms with Gasteiger partial charge in [-0.3, -0.25) is 14.6 Å². The Balaban J connectivity index is 1.39. The second kappa shape index (κ2) is 10.4. The van der Waals surface area contributed by atoms with Gasteiger partial charge >= 0.3 is 6.18 Å². The molecule has 0 saturated carbocycles. The lowest BCUT2D eigenvalue weighted by Crippen LogP contribution is -2.41. The van der Waals surface area contributed by atoms with Crippen molar-refractivity contribution in [2.24, 2.45) is 0 Å². The highest BCUT2D eigenvalue weighted by atomic mass is 19.4. The van der Waals surface area contributed by atoms with E-state index in [9.17, 15) is 22.8 Å². The average Bonchev–Trinajstić information content (AvgIpc) is 2.86. The fourth-order valence-corrected chi connectivity index (χ4v) is 4.11. The number of rotatable bonds is 5. The van der Waals surface area contributed by atoms with Gasteiger partial charge < -0.3 is 15.0 Å². The molecule has 0 bridgehead atoms. The van der Waals surface area contributed by atoms with Crippen molar-refractivity contribution < 1.29 is 27.5 Å². The van der Waals surface area contributed by atoms with Crippen LogP contribution in [0.4, 0.5) is 18.9 Å². The standard InChI is InChI=1S/C27H26F3N3O3/c1-17-3-5-20(15-23(17)27(28,29)30)25(34)32-21-6-4-18(2)24(16-21)36-22-9-13-33(14-10-22)26(35)19-7-11-31-12-8-19/h3-8,11-12,15-16,22H,9-10,13-14H2,1-2H3,(H,32,34). The molecule has 1 saturated heterocycles. The molecule has 1 fully saturated rings. The van der Waals surface area contributed by atoms with Gasteiger partial charge in [0.15, 0.2) is 0 Å². The predicted molar refractivity (Wildman–Crippen MR) is 129 cm³/mol. The number of aryl methyl sites for hydroxylation is 2. The van der Waals surface area contributed by atoms with Crippen molar-refractivity contribution in [2.75, 3.05) is 18.4 Å². The number of carbonyl (C=O) groups is 2. The lowest BCUT2D eigenvalue weighted by Gasteiger charge is -2.32. The van der Waals surface area contributed by atoms with Crippen molar-refractivity contribution in [3.63, 3.8) is 0 Å². The number of likely N-dealkylation sites (tertiary alicyclic amines) is 1. The van der Waals surface area contributed by atoms with Gasteiger partial charge in [-0.05, 0) is 55.3 Å². The van der Waals surface area contributed by atoms with Crippen molar-refractivity contribution >= 4 is 17.5 Å². The maximum atomic E-state index is 13.2. The Morgan fingerprint density at radius 3 is 2.28 bits per heavy atom. The monoisotopic (exact) mass is 497 g/mol. The number of nitrogens with zero attached hydrogens (tertiary/aromatic N) is 2. The Bertz CT molecular complexity index is 1250. The van der Waals surface area contributed by atoms with Crippen LogP contribution in [0.5, 0.6) is 5.75 Å². The number of halogens is 3. The SMILES string of the molecule is Cc1ccc(NC(=O)c2ccc(C)c(C(F)(F)F)c2)cc1OC1CCN(C(=O)c2ccncc2)CC1. The Labute approximate surface area is 207 Å². The molecular weight excluding hydrogens is 471 g/mol. The van der Waals surface area contributed by atoms with Crippen LogP contribution in [0.3, 0.4) is 0 Å². The third-order valence-corrected chi connectivity index (χ3v) is 6.20. The highest BCUT2D eigenvalue weighted by Crippen LogP contribution is 2.33. The number of carbonyl (C=O) groups excluding carboxylic acids is 2. The Morgan fingerprint density at radius 2 is 1.61 bits per heavy atom. The van der Waals surface area contributed by atoms with E-state index >= 15 is 0 Å². The first-order chi connectivity index (χ1) is 17.1. The molecule has 4 rings (SSSR count). The fraction of sp³-hybridized carbons (Fsp3) is 0.296. The van der Waals surface area contributed by atoms with Crippen LogP contribution in [0, 0.1) is 13.8 Å². The summed E-state index contributed by atoms with van der Waals surface area (Å²) in [6, 6.07) is 12.0. The number of hydrogen-bond donors (Lipinski definition) is 1. The zero-order valence-corrected chi connectivity index (χ0v) is 19.9. The number of aromatic nitrogens is 1. The molecule has 188 valence electrons. The molecule has 3 aromatic rings. The van der Waals surface area contributed by atoms with Gasteiger partial charge in [0.05, 0.1) is 5.56 Å². The summed E-state index contributed by atoms with van der Waals surface area (Å²) in [6.45, 7) is 4.33. The largest absolute Gasteiger partial charge is 0.490 e. The van der Waals surface area contributed by atoms with E-state index in [1.54, 1.807) is 47.6 Å². The summed E-state index contributed by atoms with van der Waals surface area (Å²) in [7, 11) is 0. The van der Waals surface area contributed by atoms with Crippen molar-refractivity contribution in [1.29, 1.82) is 0 Å². The molecule has 2 aromatic carbocycles. The molecule has 2 amide bonds. The summed E-state index contributed by atoms with van der Waals surface area (Å²) in [6.07, 6.45) is -0.170. The summed E-state index contributed by atoms with van der Waals surface area (Å²) in [5.41, 5.74) is 1.01. The predicted octanol–water partition coefficient (Wildman–Crippen LogP) is 5.65. The van der Waals surface area contributed by atoms with Crippen LogP contribution in [0.15, 0.2) is 60.9 Å². The van der Waals surface area contributed by atoms with Crippen LogP contribution in [0.25, 0.3) is 0 Å². The topological polar surface area (TPSA) is 71.5 Å². The van der Waals surface area contributed by atoms with E-state index < -0.39 is 17.6 Å². The molecular formula is C27H26F3N3O3. The van der Waals surface area contributed by atoms with Gasteiger partial charge in [-0.1, -0.05) is 12.1 Å². The van der Waals surface area contributed by atoms with Gasteiger partial charge in [-0.2, -0.15) is 13.2 Å². The first-order valence-electron chi connectivity index (χ1n) is 11.6. The molecule has 2 heterocycles. The van der Waals surface area contributed by atoms with Crippen molar-refractivity contribution in [2.45, 2.75) is 39.0 Å². The molecule has 1 aliphatic heterocycles. The van der Waals surface area contributed by atoms with E-state index in [-0.39, 0.29) is 23.1 Å². The average molecular weight is 498 g/mol. The summed E-state index contributed by atoms with van der Waals surface area (Å²) >= 11 is 0. The summed E-state index contributed by atoms with van der Waals surface area (Å²) in [5, 5.41) is 2.66. The van der Waals surface area contributed by atoms with Crippen molar-refractivity contribution in [1.82, 2.24) is 9.88 Å². The third kappa shape index (κ3) is 5.84. The fourth-order valence-electron chi connectivity index (χ4n) is 4.11. The smallest absolute Gasteiger partial charge is 0.416 e. The Kier molecular flexibility index (Phi) is 7.28. The van der Waals surface area contributed by atoms with Crippen LogP contribution in [-0.4, -0.2) is 40.9 Å². The summed E-state index contributed by atoms with van der Waals surface area (Å²) in [5.74, 6) is -0.105. The minimum absolute atomic E-state index is 0.0403. The van der Waals surface area contributed by atoms with E-state index in [0.717, 1.165) is 11.6 Å². The van der Waals surface area contributed by atoms with E-state index in [1.165, 1.54) is 19.1 Å². The summed E-state index contributed by atoms with van der Waals surface area (Å²) < 4.78 is 45.8. The molecule has 0 atom stereocenters. The molecule has 0 radical (unpaired) electrons. The third-order valence-electron chi connectivity index (χ3n) is 6.20. The number of amides is 2. The number of benzene rings is 2. The zero-order chi connectivity index (χ0) is 25.9. The second-order valence-corrected chi connectivity index (χ2v) is 8.81. The normalized spacial score (nSPS) is 14.4. The minimum Gasteiger partial charge on any atom is -0.490 e. The zero-order valence-electron chi connectivity index (χ0n) is 19.9. The number of pyridine rings is 1. The van der Waals surface area contributed by atoms with Gasteiger partial charge in [-0.25, -0.2) is 0 Å². The lowest BCUT2D eigenvalue weighted by molar-refractivity contribution is -0.138. The molecule has 0 unspecified atom stereocenters. The van der Waals surface area contributed by atoms with Crippen molar-refractivity contribution in [3.8, 4) is 5.75 Å². The number of anilines is 1. The van der Waals surface area contributed by atoms with E-state index in [2.05, 4.69) is 10.3 Å². The number of ether oxygens (including phenoxy) is 1. The first kappa shape index (κ1) is 25.2. The van der Waals surface area contributed by atoms with Crippen LogP contribution in [-0.2, 0) is 6.18 Å². The summed E-state index contributed by atoms with van der Waals surface area (Å²) in [4.78, 5) is 31.0. The van der Waals surface area contributed by atoms with E-state index in [4.69, 9.17) is 4.74 Å². The van der Waals surface area contributed by atoms with Gasteiger partial charge in [0, 0.05) is 61.2 Å². The molecule has 36 heavy (non-hydrogen) atoms. The first-order valence-corrected chi connectivity index (χ1v) is 11.6. The van der Waals surface area contributed by atoms with Gasteiger partial charge in [0.2, 0.25) is 0 Å². The number of alkyl halides is 3. The molecule has 0 spiro atoms. The van der Waals surface area contributed by atoms with Crippen molar-refractivity contribution in [3.05, 3.63) is 88.7 Å². The number of piperidine rings is 1. The number of nitrogens with one attached hydrogen (secondary N) is 1. The molecule has 1 aliphatic rings. The van der Waals surface area contributed by atoms with Crippen LogP contribution >= 0.6 is 0 Å². The highest BCUT2D eigenvalue weighted by Gasteiger charge is 2.33. The van der Waals surface area contributed by atoms with Gasteiger partial charge in [0.25, 0.3) is 11.8 Å². The molecule has 6 nitrogen and oxygen atoms in total. The Hall–Kier alpha value is -3.88. The van der Waals surface area contributed by atoms with Crippen LogP contribution < -0.4 is 10.1 Å². The minimum atomic E-state index is -4.54. The van der Waals surface area contributed by atoms with Gasteiger partial charge in [0.1, 0.15) is 11.9 Å². The molecule has 1 N–H and O–H groups in total. The second-order valence-electron chi connectivity index (χ2n) is 8.81. The quantitative estimate of drug-likeness (QED) is 0.494. The van der Waals surface area contributed by atoms with E-state index in [1.807, 2.05) is 6.92 Å². The highest BCUT2D eigenvalue weighted by molar-refractivity contribution is 6.04. The number of hydrogen-bond acceptors (Lipinski definition) is 4. The lowest BCUT2D eigenvalue weighted by atomic mass is 10.0. The van der Waals surface area contributed by atoms with E-state index in [0.29, 0.717) is 42.9 Å². The Morgan fingerprint density at radius 1 is 0.944 bits per heavy atom. The van der Waals surface area contributed by atoms with Gasteiger partial charge in [-0.15, -0.1) is 0 Å².